The predicted octanol–water partition coefficient (Wildman–Crippen LogP) is 3.26. The van der Waals surface area contributed by atoms with E-state index in [1.54, 1.807) is 0 Å². The summed E-state index contributed by atoms with van der Waals surface area (Å²) in [5, 5.41) is 19.8. The van der Waals surface area contributed by atoms with Gasteiger partial charge in [-0.3, -0.25) is 10.1 Å². The number of hydrogen-bond acceptors (Lipinski definition) is 6. The normalized spacial score (nSPS) is 10.8. The van der Waals surface area contributed by atoms with Gasteiger partial charge in [-0.05, 0) is 30.8 Å². The van der Waals surface area contributed by atoms with E-state index in [2.05, 4.69) is 4.74 Å². The van der Waals surface area contributed by atoms with Crippen LogP contribution in [0, 0.1) is 21.4 Å². The number of benzene rings is 1. The van der Waals surface area contributed by atoms with Crippen molar-refractivity contribution in [2.75, 3.05) is 6.61 Å². The van der Waals surface area contributed by atoms with E-state index in [1.165, 1.54) is 13.0 Å². The summed E-state index contributed by atoms with van der Waals surface area (Å²) in [5.74, 6) is -1.16. The fourth-order valence-corrected chi connectivity index (χ4v) is 2.07. The number of thioether (sulfide) groups is 1. The first-order chi connectivity index (χ1) is 9.69. The Morgan fingerprint density at radius 2 is 2.14 bits per heavy atom. The van der Waals surface area contributed by atoms with Crippen LogP contribution >= 0.6 is 11.8 Å². The van der Waals surface area contributed by atoms with Crippen molar-refractivity contribution < 1.29 is 27.6 Å². The molecule has 0 N–H and O–H groups in total. The SMILES string of the molecule is CCOC(=O)c1cc(SC(F)(F)F)cc(C#N)c1[N+](=O)[O-]. The summed E-state index contributed by atoms with van der Waals surface area (Å²) in [5.41, 5.74) is -6.86. The van der Waals surface area contributed by atoms with E-state index in [1.807, 2.05) is 0 Å². The van der Waals surface area contributed by atoms with Gasteiger partial charge < -0.3 is 4.74 Å². The number of nitriles is 1. The van der Waals surface area contributed by atoms with Crippen molar-refractivity contribution in [3.63, 3.8) is 0 Å². The van der Waals surface area contributed by atoms with Crippen molar-refractivity contribution in [1.29, 1.82) is 5.26 Å². The van der Waals surface area contributed by atoms with Gasteiger partial charge in [-0.15, -0.1) is 0 Å². The van der Waals surface area contributed by atoms with Crippen LogP contribution < -0.4 is 0 Å². The molecule has 6 nitrogen and oxygen atoms in total. The molecule has 0 saturated carbocycles. The lowest BCUT2D eigenvalue weighted by Gasteiger charge is -2.09. The van der Waals surface area contributed by atoms with Crippen LogP contribution in [0.15, 0.2) is 17.0 Å². The Balaban J connectivity index is 3.49. The van der Waals surface area contributed by atoms with Gasteiger partial charge >= 0.3 is 17.2 Å². The molecular weight excluding hydrogens is 313 g/mol. The number of halogens is 3. The van der Waals surface area contributed by atoms with Gasteiger partial charge in [0.05, 0.1) is 11.5 Å². The van der Waals surface area contributed by atoms with Crippen molar-refractivity contribution >= 4 is 23.4 Å². The first kappa shape index (κ1) is 16.8. The predicted molar refractivity (Wildman–Crippen MR) is 65.7 cm³/mol. The second kappa shape index (κ2) is 6.45. The summed E-state index contributed by atoms with van der Waals surface area (Å²) in [6, 6.07) is 2.81. The van der Waals surface area contributed by atoms with Crippen molar-refractivity contribution in [1.82, 2.24) is 0 Å². The summed E-state index contributed by atoms with van der Waals surface area (Å²) < 4.78 is 41.6. The van der Waals surface area contributed by atoms with E-state index in [4.69, 9.17) is 5.26 Å². The van der Waals surface area contributed by atoms with Crippen molar-refractivity contribution in [2.24, 2.45) is 0 Å². The van der Waals surface area contributed by atoms with Gasteiger partial charge in [-0.1, -0.05) is 0 Å². The van der Waals surface area contributed by atoms with E-state index in [0.717, 1.165) is 0 Å². The molecule has 0 aliphatic rings. The Hall–Kier alpha value is -2.28. The fraction of sp³-hybridized carbons (Fsp3) is 0.273. The van der Waals surface area contributed by atoms with Gasteiger partial charge in [0.1, 0.15) is 17.2 Å². The minimum Gasteiger partial charge on any atom is -0.462 e. The Morgan fingerprint density at radius 1 is 1.52 bits per heavy atom. The second-order valence-electron chi connectivity index (χ2n) is 3.50. The summed E-state index contributed by atoms with van der Waals surface area (Å²) >= 11 is -0.581. The summed E-state index contributed by atoms with van der Waals surface area (Å²) in [7, 11) is 0. The third-order valence-electron chi connectivity index (χ3n) is 2.12. The van der Waals surface area contributed by atoms with E-state index in [9.17, 15) is 28.1 Å². The molecule has 0 heterocycles. The molecule has 112 valence electrons. The average Bonchev–Trinajstić information content (AvgIpc) is 2.35. The highest BCUT2D eigenvalue weighted by atomic mass is 32.2. The van der Waals surface area contributed by atoms with Crippen LogP contribution in [0.1, 0.15) is 22.8 Å². The van der Waals surface area contributed by atoms with Gasteiger partial charge in [-0.2, -0.15) is 18.4 Å². The van der Waals surface area contributed by atoms with E-state index < -0.39 is 49.9 Å². The zero-order valence-electron chi connectivity index (χ0n) is 10.4. The van der Waals surface area contributed by atoms with E-state index in [0.29, 0.717) is 12.1 Å². The standard InChI is InChI=1S/C11H7F3N2O4S/c1-2-20-10(17)8-4-7(21-11(12,13)14)3-6(5-15)9(8)16(18)19/h3-4H,2H2,1H3. The van der Waals surface area contributed by atoms with Gasteiger partial charge in [0.2, 0.25) is 0 Å². The lowest BCUT2D eigenvalue weighted by molar-refractivity contribution is -0.385. The molecule has 1 rings (SSSR count). The van der Waals surface area contributed by atoms with Gasteiger partial charge in [0.15, 0.2) is 0 Å². The monoisotopic (exact) mass is 320 g/mol. The topological polar surface area (TPSA) is 93.2 Å². The van der Waals surface area contributed by atoms with E-state index in [-0.39, 0.29) is 6.61 Å². The maximum atomic E-state index is 12.3. The van der Waals surface area contributed by atoms with Crippen LogP contribution in [0.3, 0.4) is 0 Å². The van der Waals surface area contributed by atoms with Crippen LogP contribution in [0.5, 0.6) is 0 Å². The molecule has 1 aromatic carbocycles. The Morgan fingerprint density at radius 3 is 2.57 bits per heavy atom. The lowest BCUT2D eigenvalue weighted by Crippen LogP contribution is -2.10. The number of alkyl halides is 3. The molecule has 0 radical (unpaired) electrons. The molecule has 0 aliphatic carbocycles. The van der Waals surface area contributed by atoms with Crippen LogP contribution in [0.4, 0.5) is 18.9 Å². The zero-order valence-corrected chi connectivity index (χ0v) is 11.2. The van der Waals surface area contributed by atoms with Gasteiger partial charge in [0.25, 0.3) is 0 Å². The lowest BCUT2D eigenvalue weighted by atomic mass is 10.1. The highest BCUT2D eigenvalue weighted by Crippen LogP contribution is 2.39. The number of carbonyl (C=O) groups is 1. The zero-order chi connectivity index (χ0) is 16.2. The molecule has 0 bridgehead atoms. The first-order valence-electron chi connectivity index (χ1n) is 5.35. The minimum absolute atomic E-state index is 0.117. The van der Waals surface area contributed by atoms with Crippen LogP contribution in [-0.4, -0.2) is 23.0 Å². The molecule has 1 aromatic rings. The first-order valence-corrected chi connectivity index (χ1v) is 6.16. The number of hydrogen-bond donors (Lipinski definition) is 0. The number of nitrogens with zero attached hydrogens (tertiary/aromatic N) is 2. The number of nitro benzene ring substituents is 1. The van der Waals surface area contributed by atoms with Gasteiger partial charge in [0, 0.05) is 4.90 Å². The number of esters is 1. The van der Waals surface area contributed by atoms with Crippen molar-refractivity contribution in [2.45, 2.75) is 17.3 Å². The van der Waals surface area contributed by atoms with Crippen LogP contribution in [0.25, 0.3) is 0 Å². The quantitative estimate of drug-likeness (QED) is 0.366. The molecule has 0 atom stereocenters. The summed E-state index contributed by atoms with van der Waals surface area (Å²) in [4.78, 5) is 21.0. The number of nitro groups is 1. The fourth-order valence-electron chi connectivity index (χ4n) is 1.45. The highest BCUT2D eigenvalue weighted by Gasteiger charge is 2.33. The average molecular weight is 320 g/mol. The van der Waals surface area contributed by atoms with Crippen LogP contribution in [-0.2, 0) is 4.74 Å². The third-order valence-corrected chi connectivity index (χ3v) is 2.82. The number of carbonyl (C=O) groups excluding carboxylic acids is 1. The Kier molecular flexibility index (Phi) is 5.15. The molecule has 0 spiro atoms. The van der Waals surface area contributed by atoms with Crippen LogP contribution in [0.2, 0.25) is 0 Å². The smallest absolute Gasteiger partial charge is 0.446 e. The van der Waals surface area contributed by atoms with Crippen molar-refractivity contribution in [3.8, 4) is 6.07 Å². The molecule has 21 heavy (non-hydrogen) atoms. The maximum absolute atomic E-state index is 12.3. The molecule has 0 amide bonds. The Labute approximate surface area is 120 Å². The minimum atomic E-state index is -4.66. The molecular formula is C11H7F3N2O4S. The third kappa shape index (κ3) is 4.35. The largest absolute Gasteiger partial charge is 0.462 e. The summed E-state index contributed by atoms with van der Waals surface area (Å²) in [6.45, 7) is 1.32. The van der Waals surface area contributed by atoms with Gasteiger partial charge in [-0.25, -0.2) is 4.79 Å². The summed E-state index contributed by atoms with van der Waals surface area (Å²) in [6.07, 6.45) is 0. The molecule has 0 aromatic heterocycles. The number of rotatable bonds is 4. The Bertz CT molecular complexity index is 625. The maximum Gasteiger partial charge on any atom is 0.446 e. The van der Waals surface area contributed by atoms with E-state index >= 15 is 0 Å². The van der Waals surface area contributed by atoms with Crippen molar-refractivity contribution in [3.05, 3.63) is 33.4 Å². The molecule has 0 aliphatic heterocycles. The second-order valence-corrected chi connectivity index (χ2v) is 4.64. The highest BCUT2D eigenvalue weighted by molar-refractivity contribution is 8.00. The molecule has 0 fully saturated rings. The number of ether oxygens (including phenoxy) is 1. The molecule has 0 unspecified atom stereocenters. The molecule has 0 saturated heterocycles. The molecule has 10 heteroatoms.